The summed E-state index contributed by atoms with van der Waals surface area (Å²) in [5.74, 6) is 1.51. The number of hydrogen-bond acceptors (Lipinski definition) is 7. The van der Waals surface area contributed by atoms with Crippen molar-refractivity contribution in [3.63, 3.8) is 0 Å². The number of nitrogens with zero attached hydrogens (tertiary/aromatic N) is 4. The van der Waals surface area contributed by atoms with Crippen molar-refractivity contribution in [2.75, 3.05) is 23.8 Å². The molecule has 2 rings (SSSR count). The third-order valence-electron chi connectivity index (χ3n) is 2.38. The molecule has 0 fully saturated rings. The lowest BCUT2D eigenvalue weighted by atomic mass is 10.4. The molecule has 0 bridgehead atoms. The van der Waals surface area contributed by atoms with E-state index in [-0.39, 0.29) is 6.61 Å². The average Bonchev–Trinajstić information content (AvgIpc) is 2.74. The Kier molecular flexibility index (Phi) is 4.34. The largest absolute Gasteiger partial charge is 0.396 e. The summed E-state index contributed by atoms with van der Waals surface area (Å²) in [7, 11) is 0. The fourth-order valence-electron chi connectivity index (χ4n) is 1.60. The first-order valence-electron chi connectivity index (χ1n) is 5.50. The van der Waals surface area contributed by atoms with Crippen molar-refractivity contribution in [3.05, 3.63) is 12.7 Å². The molecule has 0 unspecified atom stereocenters. The second-order valence-electron chi connectivity index (χ2n) is 3.78. The third kappa shape index (κ3) is 2.89. The van der Waals surface area contributed by atoms with Gasteiger partial charge in [0.1, 0.15) is 11.8 Å². The summed E-state index contributed by atoms with van der Waals surface area (Å²) in [6.07, 6.45) is 2.45. The molecule has 4 N–H and O–H groups in total. The zero-order valence-electron chi connectivity index (χ0n) is 9.73. The van der Waals surface area contributed by atoms with Crippen LogP contribution in [0.4, 0.5) is 5.82 Å². The molecule has 7 nitrogen and oxygen atoms in total. The van der Waals surface area contributed by atoms with Crippen molar-refractivity contribution in [3.8, 4) is 0 Å². The summed E-state index contributed by atoms with van der Waals surface area (Å²) in [5.41, 5.74) is 6.85. The second-order valence-corrected chi connectivity index (χ2v) is 4.93. The molecule has 0 aliphatic rings. The van der Waals surface area contributed by atoms with Gasteiger partial charge in [0.05, 0.1) is 25.6 Å². The minimum atomic E-state index is -0.518. The van der Waals surface area contributed by atoms with Crippen molar-refractivity contribution in [2.45, 2.75) is 12.6 Å². The number of aliphatic hydroxyl groups is 2. The lowest BCUT2D eigenvalue weighted by Crippen LogP contribution is -2.18. The van der Waals surface area contributed by atoms with E-state index < -0.39 is 6.10 Å². The summed E-state index contributed by atoms with van der Waals surface area (Å²) >= 11 is 1.50. The fraction of sp³-hybridized carbons (Fsp3) is 0.500. The zero-order chi connectivity index (χ0) is 13.0. The number of imidazole rings is 1. The molecule has 0 spiro atoms. The van der Waals surface area contributed by atoms with Crippen LogP contribution in [-0.2, 0) is 6.54 Å². The van der Waals surface area contributed by atoms with Crippen LogP contribution in [0.25, 0.3) is 11.2 Å². The van der Waals surface area contributed by atoms with Gasteiger partial charge >= 0.3 is 0 Å². The lowest BCUT2D eigenvalue weighted by molar-refractivity contribution is 0.179. The molecule has 0 amide bonds. The first kappa shape index (κ1) is 13.1. The lowest BCUT2D eigenvalue weighted by Gasteiger charge is -2.10. The zero-order valence-corrected chi connectivity index (χ0v) is 10.5. The van der Waals surface area contributed by atoms with Crippen LogP contribution in [0.1, 0.15) is 0 Å². The summed E-state index contributed by atoms with van der Waals surface area (Å²) in [6, 6.07) is 0. The maximum Gasteiger partial charge on any atom is 0.165 e. The predicted molar refractivity (Wildman–Crippen MR) is 70.2 cm³/mol. The summed E-state index contributed by atoms with van der Waals surface area (Å²) in [5, 5.41) is 18.5. The van der Waals surface area contributed by atoms with Crippen LogP contribution in [0.3, 0.4) is 0 Å². The fourth-order valence-corrected chi connectivity index (χ4v) is 2.27. The number of thioether (sulfide) groups is 1. The monoisotopic (exact) mass is 269 g/mol. The van der Waals surface area contributed by atoms with Crippen LogP contribution in [-0.4, -0.2) is 53.9 Å². The van der Waals surface area contributed by atoms with Gasteiger partial charge in [0.25, 0.3) is 0 Å². The van der Waals surface area contributed by atoms with Crippen LogP contribution in [0, 0.1) is 0 Å². The van der Waals surface area contributed by atoms with Gasteiger partial charge in [0, 0.05) is 11.5 Å². The summed E-state index contributed by atoms with van der Waals surface area (Å²) in [4.78, 5) is 12.1. The van der Waals surface area contributed by atoms with Crippen LogP contribution >= 0.6 is 11.8 Å². The van der Waals surface area contributed by atoms with Crippen molar-refractivity contribution >= 4 is 28.7 Å². The van der Waals surface area contributed by atoms with Gasteiger partial charge in [-0.25, -0.2) is 15.0 Å². The Balaban J connectivity index is 2.05. The molecule has 2 aromatic heterocycles. The normalized spacial score (nSPS) is 13.0. The minimum absolute atomic E-state index is 0.120. The molecule has 2 aromatic rings. The number of fused-ring (bicyclic) bond motifs is 1. The Morgan fingerprint density at radius 2 is 2.22 bits per heavy atom. The Hall–Kier alpha value is -1.38. The van der Waals surface area contributed by atoms with Crippen molar-refractivity contribution in [1.82, 2.24) is 19.5 Å². The number of rotatable bonds is 6. The van der Waals surface area contributed by atoms with Gasteiger partial charge in [-0.3, -0.25) is 0 Å². The molecule has 0 aliphatic heterocycles. The Bertz CT molecular complexity index is 518. The molecule has 0 saturated heterocycles. The van der Waals surface area contributed by atoms with E-state index in [0.717, 1.165) is 0 Å². The van der Waals surface area contributed by atoms with Crippen LogP contribution < -0.4 is 5.73 Å². The highest BCUT2D eigenvalue weighted by atomic mass is 32.2. The Morgan fingerprint density at radius 3 is 3.00 bits per heavy atom. The van der Waals surface area contributed by atoms with Crippen molar-refractivity contribution in [1.29, 1.82) is 0 Å². The molecule has 0 saturated carbocycles. The molecule has 98 valence electrons. The molecule has 8 heteroatoms. The van der Waals surface area contributed by atoms with E-state index >= 15 is 0 Å². The SMILES string of the molecule is Nc1ncnc2c1ncn2C[C@@H](O)CSCCO. The first-order chi connectivity index (χ1) is 8.72. The molecular weight excluding hydrogens is 254 g/mol. The molecular formula is C10H15N5O2S. The highest BCUT2D eigenvalue weighted by Gasteiger charge is 2.11. The Labute approximate surface area is 108 Å². The van der Waals surface area contributed by atoms with Gasteiger partial charge in [-0.05, 0) is 0 Å². The van der Waals surface area contributed by atoms with Gasteiger partial charge in [0.2, 0.25) is 0 Å². The Morgan fingerprint density at radius 1 is 1.39 bits per heavy atom. The predicted octanol–water partition coefficient (Wildman–Crippen LogP) is -0.505. The standard InChI is InChI=1S/C10H15N5O2S/c11-9-8-10(13-5-12-9)15(6-14-8)3-7(17)4-18-2-1-16/h5-7,16-17H,1-4H2,(H2,11,12,13)/t7-/m1/s1. The number of hydrogen-bond donors (Lipinski definition) is 3. The first-order valence-corrected chi connectivity index (χ1v) is 6.66. The number of anilines is 1. The van der Waals surface area contributed by atoms with Gasteiger partial charge in [0.15, 0.2) is 11.5 Å². The van der Waals surface area contributed by atoms with Crippen LogP contribution in [0.5, 0.6) is 0 Å². The topological polar surface area (TPSA) is 110 Å². The summed E-state index contributed by atoms with van der Waals surface area (Å²) < 4.78 is 1.75. The van der Waals surface area contributed by atoms with Gasteiger partial charge in [-0.2, -0.15) is 11.8 Å². The number of nitrogen functional groups attached to an aromatic ring is 1. The van der Waals surface area contributed by atoms with E-state index in [1.54, 1.807) is 10.9 Å². The highest BCUT2D eigenvalue weighted by Crippen LogP contribution is 2.15. The van der Waals surface area contributed by atoms with Gasteiger partial charge in [-0.15, -0.1) is 0 Å². The number of aliphatic hydroxyl groups excluding tert-OH is 2. The molecule has 18 heavy (non-hydrogen) atoms. The molecule has 1 atom stereocenters. The smallest absolute Gasteiger partial charge is 0.165 e. The van der Waals surface area contributed by atoms with Crippen molar-refractivity contribution in [2.24, 2.45) is 0 Å². The van der Waals surface area contributed by atoms with Gasteiger partial charge < -0.3 is 20.5 Å². The van der Waals surface area contributed by atoms with E-state index in [0.29, 0.717) is 35.0 Å². The maximum absolute atomic E-state index is 9.85. The van der Waals surface area contributed by atoms with Gasteiger partial charge in [-0.1, -0.05) is 0 Å². The molecule has 0 aliphatic carbocycles. The number of nitrogens with two attached hydrogens (primary N) is 1. The van der Waals surface area contributed by atoms with Crippen LogP contribution in [0.2, 0.25) is 0 Å². The third-order valence-corrected chi connectivity index (χ3v) is 3.47. The van der Waals surface area contributed by atoms with E-state index in [1.807, 2.05) is 0 Å². The van der Waals surface area contributed by atoms with E-state index in [4.69, 9.17) is 10.8 Å². The molecule has 0 aromatic carbocycles. The molecule has 2 heterocycles. The second kappa shape index (κ2) is 5.98. The maximum atomic E-state index is 9.85. The summed E-state index contributed by atoms with van der Waals surface area (Å²) in [6.45, 7) is 0.514. The van der Waals surface area contributed by atoms with E-state index in [1.165, 1.54) is 18.1 Å². The number of aromatic nitrogens is 4. The minimum Gasteiger partial charge on any atom is -0.396 e. The molecule has 0 radical (unpaired) electrons. The van der Waals surface area contributed by atoms with E-state index in [9.17, 15) is 5.11 Å². The quantitative estimate of drug-likeness (QED) is 0.606. The van der Waals surface area contributed by atoms with Crippen molar-refractivity contribution < 1.29 is 10.2 Å². The average molecular weight is 269 g/mol. The van der Waals surface area contributed by atoms with E-state index in [2.05, 4.69) is 15.0 Å². The highest BCUT2D eigenvalue weighted by molar-refractivity contribution is 7.99. The van der Waals surface area contributed by atoms with Crippen LogP contribution in [0.15, 0.2) is 12.7 Å².